The topological polar surface area (TPSA) is 38.7 Å². The van der Waals surface area contributed by atoms with Crippen LogP contribution in [-0.2, 0) is 9.47 Å². The molecule has 1 unspecified atom stereocenters. The van der Waals surface area contributed by atoms with Crippen molar-refractivity contribution in [3.8, 4) is 0 Å². The molecule has 0 aliphatic heterocycles. The van der Waals surface area contributed by atoms with Crippen LogP contribution in [0.25, 0.3) is 0 Å². The van der Waals surface area contributed by atoms with E-state index in [9.17, 15) is 0 Å². The van der Waals surface area contributed by atoms with E-state index in [1.165, 1.54) is 0 Å². The summed E-state index contributed by atoms with van der Waals surface area (Å²) < 4.78 is 9.94. The number of rotatable bonds is 6. The maximum absolute atomic E-state index is 8.69. The molecule has 1 atom stereocenters. The fourth-order valence-electron chi connectivity index (χ4n) is 0.528. The second kappa shape index (κ2) is 6.91. The van der Waals surface area contributed by atoms with Crippen LogP contribution < -0.4 is 0 Å². The number of thioether (sulfide) groups is 1. The molecule has 0 aliphatic rings. The highest BCUT2D eigenvalue weighted by Crippen LogP contribution is 2.12. The van der Waals surface area contributed by atoms with Crippen LogP contribution in [0.5, 0.6) is 0 Å². The van der Waals surface area contributed by atoms with Crippen LogP contribution in [0.1, 0.15) is 6.92 Å². The van der Waals surface area contributed by atoms with E-state index >= 15 is 0 Å². The third-order valence-electron chi connectivity index (χ3n) is 1.30. The lowest BCUT2D eigenvalue weighted by Gasteiger charge is -2.14. The predicted octanol–water partition coefficient (Wildman–Crippen LogP) is 0.719. The molecule has 1 N–H and O–H groups in total. The first-order valence-corrected chi connectivity index (χ1v) is 4.57. The van der Waals surface area contributed by atoms with Crippen molar-refractivity contribution in [3.63, 3.8) is 0 Å². The summed E-state index contributed by atoms with van der Waals surface area (Å²) in [4.78, 5) is 0. The molecule has 0 saturated heterocycles. The Morgan fingerprint density at radius 2 is 1.91 bits per heavy atom. The zero-order valence-corrected chi connectivity index (χ0v) is 8.06. The Kier molecular flexibility index (Phi) is 7.06. The Morgan fingerprint density at radius 1 is 1.36 bits per heavy atom. The number of hydrogen-bond acceptors (Lipinski definition) is 4. The monoisotopic (exact) mass is 180 g/mol. The van der Waals surface area contributed by atoms with Gasteiger partial charge in [0.05, 0.1) is 6.61 Å². The Labute approximate surface area is 72.1 Å². The maximum atomic E-state index is 8.69. The van der Waals surface area contributed by atoms with Gasteiger partial charge in [-0.1, -0.05) is 6.92 Å². The lowest BCUT2D eigenvalue weighted by atomic mass is 10.5. The van der Waals surface area contributed by atoms with Crippen LogP contribution in [0.3, 0.4) is 0 Å². The average molecular weight is 180 g/mol. The number of aliphatic hydroxyl groups excluding tert-OH is 1. The minimum absolute atomic E-state index is 0.158. The molecule has 0 aromatic rings. The van der Waals surface area contributed by atoms with Gasteiger partial charge in [-0.05, 0) is 0 Å². The van der Waals surface area contributed by atoms with Crippen molar-refractivity contribution in [3.05, 3.63) is 0 Å². The zero-order valence-electron chi connectivity index (χ0n) is 7.24. The molecule has 0 aliphatic carbocycles. The predicted molar refractivity (Wildman–Crippen MR) is 46.8 cm³/mol. The summed E-state index contributed by atoms with van der Waals surface area (Å²) in [5, 5.41) is 8.94. The van der Waals surface area contributed by atoms with Gasteiger partial charge in [0.15, 0.2) is 6.29 Å². The van der Waals surface area contributed by atoms with E-state index in [2.05, 4.69) is 0 Å². The minimum Gasteiger partial charge on any atom is -0.395 e. The van der Waals surface area contributed by atoms with Crippen molar-refractivity contribution in [2.45, 2.75) is 18.5 Å². The molecule has 0 heterocycles. The first kappa shape index (κ1) is 11.2. The molecule has 0 radical (unpaired) electrons. The van der Waals surface area contributed by atoms with E-state index in [4.69, 9.17) is 14.6 Å². The molecule has 0 saturated carbocycles. The molecular weight excluding hydrogens is 164 g/mol. The molecule has 4 heteroatoms. The second-order valence-electron chi connectivity index (χ2n) is 2.23. The fraction of sp³-hybridized carbons (Fsp3) is 1.00. The van der Waals surface area contributed by atoms with Gasteiger partial charge in [-0.15, -0.1) is 0 Å². The Morgan fingerprint density at radius 3 is 2.27 bits per heavy atom. The van der Waals surface area contributed by atoms with Crippen LogP contribution in [-0.4, -0.2) is 43.2 Å². The molecule has 68 valence electrons. The van der Waals surface area contributed by atoms with Gasteiger partial charge in [-0.3, -0.25) is 0 Å². The van der Waals surface area contributed by atoms with Gasteiger partial charge in [0.2, 0.25) is 0 Å². The van der Waals surface area contributed by atoms with E-state index < -0.39 is 0 Å². The standard InChI is InChI=1S/C7H16O3S/c1-6(4-8)11-5-7(9-2)10-3/h6-8H,4-5H2,1-3H3. The summed E-state index contributed by atoms with van der Waals surface area (Å²) >= 11 is 1.63. The number of hydrogen-bond donors (Lipinski definition) is 1. The van der Waals surface area contributed by atoms with E-state index in [1.54, 1.807) is 26.0 Å². The van der Waals surface area contributed by atoms with Gasteiger partial charge >= 0.3 is 0 Å². The van der Waals surface area contributed by atoms with Gasteiger partial charge in [-0.25, -0.2) is 0 Å². The summed E-state index contributed by atoms with van der Waals surface area (Å²) in [6.07, 6.45) is -0.158. The third kappa shape index (κ3) is 5.49. The smallest absolute Gasteiger partial charge is 0.165 e. The molecular formula is C7H16O3S. The number of methoxy groups -OCH3 is 2. The summed E-state index contributed by atoms with van der Waals surface area (Å²) in [5.74, 6) is 0.759. The van der Waals surface area contributed by atoms with Crippen molar-refractivity contribution in [1.29, 1.82) is 0 Å². The Hall–Kier alpha value is 0.230. The number of aliphatic hydroxyl groups is 1. The lowest BCUT2D eigenvalue weighted by molar-refractivity contribution is -0.0842. The highest BCUT2D eigenvalue weighted by molar-refractivity contribution is 7.99. The van der Waals surface area contributed by atoms with Crippen molar-refractivity contribution in [2.75, 3.05) is 26.6 Å². The lowest BCUT2D eigenvalue weighted by Crippen LogP contribution is -2.18. The molecule has 0 fully saturated rings. The fourth-order valence-corrected chi connectivity index (χ4v) is 1.39. The molecule has 11 heavy (non-hydrogen) atoms. The molecule has 0 bridgehead atoms. The van der Waals surface area contributed by atoms with Gasteiger partial charge in [0.1, 0.15) is 0 Å². The summed E-state index contributed by atoms with van der Waals surface area (Å²) in [6, 6.07) is 0. The van der Waals surface area contributed by atoms with Crippen molar-refractivity contribution < 1.29 is 14.6 Å². The van der Waals surface area contributed by atoms with Crippen LogP contribution in [0.15, 0.2) is 0 Å². The Balaban J connectivity index is 3.34. The summed E-state index contributed by atoms with van der Waals surface area (Å²) in [6.45, 7) is 2.16. The van der Waals surface area contributed by atoms with Crippen molar-refractivity contribution >= 4 is 11.8 Å². The molecule has 0 amide bonds. The van der Waals surface area contributed by atoms with Gasteiger partial charge in [0.25, 0.3) is 0 Å². The van der Waals surface area contributed by atoms with Crippen LogP contribution in [0.4, 0.5) is 0 Å². The molecule has 0 rings (SSSR count). The van der Waals surface area contributed by atoms with Gasteiger partial charge < -0.3 is 14.6 Å². The highest BCUT2D eigenvalue weighted by atomic mass is 32.2. The van der Waals surface area contributed by atoms with E-state index in [1.807, 2.05) is 6.92 Å². The largest absolute Gasteiger partial charge is 0.395 e. The van der Waals surface area contributed by atoms with E-state index in [-0.39, 0.29) is 18.1 Å². The quantitative estimate of drug-likeness (QED) is 0.611. The summed E-state index contributed by atoms with van der Waals surface area (Å²) in [5.41, 5.74) is 0. The molecule has 0 aromatic carbocycles. The van der Waals surface area contributed by atoms with Crippen LogP contribution >= 0.6 is 11.8 Å². The second-order valence-corrected chi connectivity index (χ2v) is 3.70. The molecule has 0 spiro atoms. The van der Waals surface area contributed by atoms with E-state index in [0.29, 0.717) is 0 Å². The average Bonchev–Trinajstić information content (AvgIpc) is 2.06. The zero-order chi connectivity index (χ0) is 8.69. The highest BCUT2D eigenvalue weighted by Gasteiger charge is 2.07. The van der Waals surface area contributed by atoms with Crippen molar-refractivity contribution in [1.82, 2.24) is 0 Å². The summed E-state index contributed by atoms with van der Waals surface area (Å²) in [7, 11) is 3.22. The first-order valence-electron chi connectivity index (χ1n) is 3.52. The maximum Gasteiger partial charge on any atom is 0.165 e. The van der Waals surface area contributed by atoms with Gasteiger partial charge in [-0.2, -0.15) is 11.8 Å². The molecule has 0 aromatic heterocycles. The van der Waals surface area contributed by atoms with E-state index in [0.717, 1.165) is 5.75 Å². The van der Waals surface area contributed by atoms with Crippen LogP contribution in [0.2, 0.25) is 0 Å². The SMILES string of the molecule is COC(CSC(C)CO)OC. The Bertz CT molecular complexity index is 85.8. The minimum atomic E-state index is -0.158. The molecule has 3 nitrogen and oxygen atoms in total. The number of ether oxygens (including phenoxy) is 2. The third-order valence-corrected chi connectivity index (χ3v) is 2.48. The normalized spacial score (nSPS) is 13.9. The van der Waals surface area contributed by atoms with Crippen LogP contribution in [0, 0.1) is 0 Å². The first-order chi connectivity index (χ1) is 5.24. The van der Waals surface area contributed by atoms with Gasteiger partial charge in [0, 0.05) is 25.2 Å². The van der Waals surface area contributed by atoms with Crippen molar-refractivity contribution in [2.24, 2.45) is 0 Å².